The molecule has 0 bridgehead atoms. The Morgan fingerprint density at radius 1 is 1.67 bits per heavy atom. The van der Waals surface area contributed by atoms with Gasteiger partial charge in [0.1, 0.15) is 0 Å². The highest BCUT2D eigenvalue weighted by atomic mass is 31.1. The maximum absolute atomic E-state index is 11.6. The molecule has 78 valence electrons. The smallest absolute Gasteiger partial charge is 0.439 e. The molecule has 15 heavy (non-hydrogen) atoms. The van der Waals surface area contributed by atoms with E-state index in [-0.39, 0.29) is 0 Å². The lowest BCUT2D eigenvalue weighted by Gasteiger charge is -2.05. The van der Waals surface area contributed by atoms with Crippen molar-refractivity contribution in [1.82, 2.24) is 0 Å². The molecular weight excluding hydrogens is 217 g/mol. The molecule has 1 aliphatic heterocycles. The highest BCUT2D eigenvalue weighted by Gasteiger charge is 2.31. The molecule has 0 aromatic heterocycles. The van der Waals surface area contributed by atoms with Crippen molar-refractivity contribution < 1.29 is 18.9 Å². The Labute approximate surface area is 87.3 Å². The molecule has 1 amide bonds. The number of hydrogen-bond donors (Lipinski definition) is 0. The highest BCUT2D eigenvalue weighted by molar-refractivity contribution is 7.50. The van der Waals surface area contributed by atoms with E-state index in [2.05, 4.69) is 4.99 Å². The average molecular weight is 225 g/mol. The standard InChI is InChI=1S/C9H8NO4P/c1-2-13-15(12)7-5-3-4-6-8(7)10-9(11)14-6/h3-5H,2H2,1H3. The molecule has 0 saturated heterocycles. The number of aliphatic imine (C=N–C) groups is 1. The van der Waals surface area contributed by atoms with Gasteiger partial charge in [0.05, 0.1) is 6.61 Å². The maximum Gasteiger partial charge on any atom is 0.439 e. The zero-order valence-electron chi connectivity index (χ0n) is 7.97. The number of nitrogens with zero attached hydrogens (tertiary/aromatic N) is 1. The minimum absolute atomic E-state index is 0.317. The molecule has 5 nitrogen and oxygen atoms in total. The van der Waals surface area contributed by atoms with Crippen LogP contribution in [0.25, 0.3) is 0 Å². The Balaban J connectivity index is 2.40. The first-order chi connectivity index (χ1) is 7.22. The lowest BCUT2D eigenvalue weighted by molar-refractivity contribution is -0.171. The Hall–Kier alpha value is -1.29. The zero-order chi connectivity index (χ0) is 10.8. The van der Waals surface area contributed by atoms with Gasteiger partial charge in [-0.2, -0.15) is 9.52 Å². The van der Waals surface area contributed by atoms with Gasteiger partial charge < -0.3 is 9.63 Å². The molecule has 0 spiro atoms. The normalized spacial score (nSPS) is 21.9. The van der Waals surface area contributed by atoms with Gasteiger partial charge in [0.15, 0.2) is 11.5 Å². The van der Waals surface area contributed by atoms with Crippen LogP contribution in [0.4, 0.5) is 4.79 Å². The first-order valence-corrected chi connectivity index (χ1v) is 5.57. The van der Waals surface area contributed by atoms with Crippen LogP contribution >= 0.6 is 8.00 Å². The van der Waals surface area contributed by atoms with Crippen LogP contribution in [0.1, 0.15) is 6.92 Å². The number of ether oxygens (including phenoxy) is 1. The summed E-state index contributed by atoms with van der Waals surface area (Å²) in [5, 5.41) is 0.398. The Bertz CT molecular complexity index is 433. The molecular formula is C9H8NO4P. The van der Waals surface area contributed by atoms with E-state index < -0.39 is 14.1 Å². The molecule has 2 rings (SSSR count). The first kappa shape index (κ1) is 10.2. The van der Waals surface area contributed by atoms with E-state index in [0.29, 0.717) is 23.4 Å². The van der Waals surface area contributed by atoms with Crippen LogP contribution in [-0.2, 0) is 9.26 Å². The summed E-state index contributed by atoms with van der Waals surface area (Å²) in [7, 11) is -1.97. The van der Waals surface area contributed by atoms with Crippen LogP contribution in [0.5, 0.6) is 0 Å². The second-order valence-electron chi connectivity index (χ2n) is 2.78. The monoisotopic (exact) mass is 225 g/mol. The minimum atomic E-state index is -1.97. The molecule has 0 aromatic carbocycles. The number of carbonyl (C=O) groups is 1. The van der Waals surface area contributed by atoms with Crippen LogP contribution in [0.2, 0.25) is 0 Å². The summed E-state index contributed by atoms with van der Waals surface area (Å²) in [6.07, 6.45) is 4.17. The van der Waals surface area contributed by atoms with Gasteiger partial charge in [-0.3, -0.25) is 0 Å². The van der Waals surface area contributed by atoms with E-state index in [1.54, 1.807) is 25.2 Å². The molecule has 6 heteroatoms. The van der Waals surface area contributed by atoms with Crippen LogP contribution in [0, 0.1) is 0 Å². The van der Waals surface area contributed by atoms with Gasteiger partial charge in [0.2, 0.25) is 13.3 Å². The van der Waals surface area contributed by atoms with E-state index in [1.807, 2.05) is 0 Å². The van der Waals surface area contributed by atoms with Gasteiger partial charge in [-0.15, -0.1) is 0 Å². The summed E-state index contributed by atoms with van der Waals surface area (Å²) < 4.78 is 9.76. The van der Waals surface area contributed by atoms with E-state index in [4.69, 9.17) is 9.26 Å². The highest BCUT2D eigenvalue weighted by Crippen LogP contribution is 2.25. The average Bonchev–Trinajstić information content (AvgIpc) is 2.57. The molecule has 0 fully saturated rings. The topological polar surface area (TPSA) is 70.9 Å². The van der Waals surface area contributed by atoms with Crippen LogP contribution in [0.3, 0.4) is 0 Å². The van der Waals surface area contributed by atoms with E-state index in [0.717, 1.165) is 0 Å². The molecule has 0 N–H and O–H groups in total. The minimum Gasteiger partial charge on any atom is -0.602 e. The van der Waals surface area contributed by atoms with Gasteiger partial charge in [0, 0.05) is 0 Å². The van der Waals surface area contributed by atoms with Crippen LogP contribution in [-0.4, -0.2) is 23.7 Å². The van der Waals surface area contributed by atoms with E-state index in [1.165, 1.54) is 0 Å². The van der Waals surface area contributed by atoms with Crippen molar-refractivity contribution in [1.29, 1.82) is 0 Å². The predicted molar refractivity (Wildman–Crippen MR) is 54.7 cm³/mol. The van der Waals surface area contributed by atoms with Crippen molar-refractivity contribution in [3.63, 3.8) is 0 Å². The Morgan fingerprint density at radius 2 is 2.47 bits per heavy atom. The molecule has 0 radical (unpaired) electrons. The third-order valence-corrected chi connectivity index (χ3v) is 3.07. The largest absolute Gasteiger partial charge is 0.602 e. The lowest BCUT2D eigenvalue weighted by Crippen LogP contribution is -2.17. The van der Waals surface area contributed by atoms with Gasteiger partial charge in [-0.1, -0.05) is 6.08 Å². The molecule has 1 atom stereocenters. The Morgan fingerprint density at radius 3 is 3.20 bits per heavy atom. The molecule has 0 aromatic rings. The molecule has 1 unspecified atom stereocenters. The third kappa shape index (κ3) is 1.90. The van der Waals surface area contributed by atoms with Crippen molar-refractivity contribution in [2.24, 2.45) is 4.99 Å². The quantitative estimate of drug-likeness (QED) is 0.655. The fourth-order valence-corrected chi connectivity index (χ4v) is 2.16. The van der Waals surface area contributed by atoms with E-state index in [9.17, 15) is 9.69 Å². The number of rotatable bonds is 2. The predicted octanol–water partition coefficient (Wildman–Crippen LogP) is 0.912. The summed E-state index contributed by atoms with van der Waals surface area (Å²) in [5.41, 5.74) is 0.317. The second kappa shape index (κ2) is 4.06. The summed E-state index contributed by atoms with van der Waals surface area (Å²) in [5.74, 6) is 0.334. The number of allylic oxidation sites excluding steroid dienone is 4. The third-order valence-electron chi connectivity index (χ3n) is 1.82. The van der Waals surface area contributed by atoms with Gasteiger partial charge in [-0.25, -0.2) is 4.79 Å². The molecule has 2 aliphatic rings. The van der Waals surface area contributed by atoms with Crippen LogP contribution < -0.4 is 4.89 Å². The fraction of sp³-hybridized carbons (Fsp3) is 0.222. The second-order valence-corrected chi connectivity index (χ2v) is 4.03. The van der Waals surface area contributed by atoms with Gasteiger partial charge >= 0.3 is 6.09 Å². The van der Waals surface area contributed by atoms with Crippen molar-refractivity contribution in [3.8, 4) is 0 Å². The molecule has 0 saturated carbocycles. The number of hydrogen-bond acceptors (Lipinski definition) is 4. The summed E-state index contributed by atoms with van der Waals surface area (Å²) in [6, 6.07) is 0. The maximum atomic E-state index is 11.6. The van der Waals surface area contributed by atoms with Crippen molar-refractivity contribution in [2.75, 3.05) is 6.61 Å². The molecule has 1 aliphatic carbocycles. The lowest BCUT2D eigenvalue weighted by atomic mass is 10.1. The number of carbonyl (C=O) groups excluding carboxylic acids is 1. The van der Waals surface area contributed by atoms with Crippen LogP contribution in [0.15, 0.2) is 29.0 Å². The van der Waals surface area contributed by atoms with Crippen molar-refractivity contribution in [3.05, 3.63) is 24.0 Å². The summed E-state index contributed by atoms with van der Waals surface area (Å²) in [6.45, 7) is 2.09. The zero-order valence-corrected chi connectivity index (χ0v) is 8.86. The molecule has 1 heterocycles. The van der Waals surface area contributed by atoms with Crippen molar-refractivity contribution >= 4 is 25.1 Å². The van der Waals surface area contributed by atoms with Gasteiger partial charge in [0.25, 0.3) is 0 Å². The first-order valence-electron chi connectivity index (χ1n) is 4.39. The van der Waals surface area contributed by atoms with Gasteiger partial charge in [-0.05, 0) is 19.1 Å². The fourth-order valence-electron chi connectivity index (χ4n) is 1.25. The number of amides is 1. The Kier molecular flexibility index (Phi) is 2.77. The summed E-state index contributed by atoms with van der Waals surface area (Å²) >= 11 is 0. The SMILES string of the molecule is CCO[P+]([O-])=C1C=CC=C2OC(=O)N=C21. The van der Waals surface area contributed by atoms with E-state index >= 15 is 0 Å². The number of fused-ring (bicyclic) bond motifs is 1. The summed E-state index contributed by atoms with van der Waals surface area (Å²) in [4.78, 5) is 26.1. The van der Waals surface area contributed by atoms with Crippen molar-refractivity contribution in [2.45, 2.75) is 6.92 Å².